The van der Waals surface area contributed by atoms with Crippen LogP contribution in [0.25, 0.3) is 11.1 Å². The normalized spacial score (nSPS) is 12.5. The van der Waals surface area contributed by atoms with Crippen molar-refractivity contribution < 1.29 is 0 Å². The third-order valence-electron chi connectivity index (χ3n) is 2.99. The minimum absolute atomic E-state index is 0.383. The van der Waals surface area contributed by atoms with Gasteiger partial charge in [0.05, 0.1) is 0 Å². The summed E-state index contributed by atoms with van der Waals surface area (Å²) in [6.07, 6.45) is 0. The van der Waals surface area contributed by atoms with Crippen LogP contribution in [0.4, 0.5) is 0 Å². The van der Waals surface area contributed by atoms with Gasteiger partial charge in [0.1, 0.15) is 0 Å². The van der Waals surface area contributed by atoms with Crippen LogP contribution in [0.1, 0.15) is 16.7 Å². The van der Waals surface area contributed by atoms with Crippen molar-refractivity contribution >= 4 is 69.6 Å². The fourth-order valence-electron chi connectivity index (χ4n) is 2.10. The number of alkyl halides is 6. The molecule has 0 fully saturated rings. The molecule has 2 aromatic carbocycles. The molecule has 0 bridgehead atoms. The second-order valence-corrected chi connectivity index (χ2v) is 8.94. The summed E-state index contributed by atoms with van der Waals surface area (Å²) in [5.41, 5.74) is 2.81. The Hall–Kier alpha value is 0.180. The van der Waals surface area contributed by atoms with Gasteiger partial charge in [0.2, 0.25) is 7.59 Å². The monoisotopic (exact) mass is 399 g/mol. The van der Waals surface area contributed by atoms with Crippen molar-refractivity contribution in [3.8, 4) is 11.1 Å². The van der Waals surface area contributed by atoms with Gasteiger partial charge < -0.3 is 0 Å². The van der Waals surface area contributed by atoms with Gasteiger partial charge in [0, 0.05) is 11.1 Å². The quantitative estimate of drug-likeness (QED) is 0.443. The van der Waals surface area contributed by atoms with E-state index >= 15 is 0 Å². The Labute approximate surface area is 153 Å². The van der Waals surface area contributed by atoms with E-state index < -0.39 is 7.59 Å². The van der Waals surface area contributed by atoms with Crippen LogP contribution in [-0.4, -0.2) is 0 Å². The number of rotatable bonds is 1. The van der Waals surface area contributed by atoms with Crippen LogP contribution in [0.2, 0.25) is 0 Å². The van der Waals surface area contributed by atoms with E-state index in [-0.39, 0.29) is 0 Å². The second-order valence-electron chi connectivity index (χ2n) is 4.38. The van der Waals surface area contributed by atoms with Crippen molar-refractivity contribution in [3.05, 3.63) is 66.1 Å². The van der Waals surface area contributed by atoms with Gasteiger partial charge in [-0.1, -0.05) is 112 Å². The SMILES string of the molecule is [CH2]c1c(C(Cl)(Cl)Cl)ccc(-c2ccccc2)c1C(Cl)(Cl)Cl. The molecule has 0 heterocycles. The molecule has 0 saturated heterocycles. The van der Waals surface area contributed by atoms with Gasteiger partial charge in [-0.2, -0.15) is 0 Å². The van der Waals surface area contributed by atoms with Crippen molar-refractivity contribution in [2.75, 3.05) is 0 Å². The van der Waals surface area contributed by atoms with Gasteiger partial charge in [0.25, 0.3) is 0 Å². The van der Waals surface area contributed by atoms with Crippen LogP contribution < -0.4 is 0 Å². The van der Waals surface area contributed by atoms with E-state index in [1.807, 2.05) is 30.3 Å². The van der Waals surface area contributed by atoms with E-state index in [9.17, 15) is 0 Å². The molecule has 0 nitrogen and oxygen atoms in total. The molecule has 0 amide bonds. The molecule has 21 heavy (non-hydrogen) atoms. The lowest BCUT2D eigenvalue weighted by molar-refractivity contribution is 1.14. The molecular formula is C15H9Cl6. The summed E-state index contributed by atoms with van der Waals surface area (Å²) < 4.78 is -3.33. The molecule has 0 aliphatic rings. The molecule has 0 spiro atoms. The zero-order valence-electron chi connectivity index (χ0n) is 10.5. The van der Waals surface area contributed by atoms with E-state index in [0.29, 0.717) is 16.7 Å². The summed E-state index contributed by atoms with van der Waals surface area (Å²) in [5.74, 6) is 0. The maximum atomic E-state index is 6.10. The third-order valence-corrected chi connectivity index (χ3v) is 4.16. The number of hydrogen-bond acceptors (Lipinski definition) is 0. The summed E-state index contributed by atoms with van der Waals surface area (Å²) in [4.78, 5) is 0. The van der Waals surface area contributed by atoms with Crippen molar-refractivity contribution in [3.63, 3.8) is 0 Å². The van der Waals surface area contributed by atoms with Gasteiger partial charge in [-0.15, -0.1) is 0 Å². The van der Waals surface area contributed by atoms with Crippen molar-refractivity contribution in [2.45, 2.75) is 7.59 Å². The first-order chi connectivity index (χ1) is 9.62. The first-order valence-electron chi connectivity index (χ1n) is 5.81. The lowest BCUT2D eigenvalue weighted by Gasteiger charge is -2.24. The van der Waals surface area contributed by atoms with E-state index in [1.54, 1.807) is 12.1 Å². The average Bonchev–Trinajstić information content (AvgIpc) is 2.36. The molecule has 0 aromatic heterocycles. The van der Waals surface area contributed by atoms with Gasteiger partial charge in [-0.3, -0.25) is 0 Å². The first kappa shape index (κ1) is 17.5. The molecule has 111 valence electrons. The smallest absolute Gasteiger partial charge is 0.0784 e. The van der Waals surface area contributed by atoms with Gasteiger partial charge in [-0.05, 0) is 23.6 Å². The standard InChI is InChI=1S/C15H9Cl6/c1-9-12(14(16,17)18)8-7-11(13(9)15(19,20)21)10-5-3-2-4-6-10/h2-8H,1H2. The molecule has 0 atom stereocenters. The molecule has 0 unspecified atom stereocenters. The highest BCUT2D eigenvalue weighted by Gasteiger charge is 2.34. The Kier molecular flexibility index (Phi) is 5.31. The van der Waals surface area contributed by atoms with Gasteiger partial charge in [-0.25, -0.2) is 0 Å². The highest BCUT2D eigenvalue weighted by Crippen LogP contribution is 2.49. The fourth-order valence-corrected chi connectivity index (χ4v) is 3.27. The van der Waals surface area contributed by atoms with Crippen LogP contribution in [-0.2, 0) is 7.59 Å². The Morgan fingerprint density at radius 1 is 0.714 bits per heavy atom. The lowest BCUT2D eigenvalue weighted by Crippen LogP contribution is -2.12. The molecule has 0 aliphatic heterocycles. The number of hydrogen-bond donors (Lipinski definition) is 0. The maximum absolute atomic E-state index is 6.10. The Balaban J connectivity index is 2.77. The largest absolute Gasteiger partial charge is 0.216 e. The predicted octanol–water partition coefficient (Wildman–Crippen LogP) is 7.19. The zero-order chi connectivity index (χ0) is 15.8. The van der Waals surface area contributed by atoms with Crippen molar-refractivity contribution in [2.24, 2.45) is 0 Å². The summed E-state index contributed by atoms with van der Waals surface area (Å²) in [7, 11) is 0. The summed E-state index contributed by atoms with van der Waals surface area (Å²) in [5, 5.41) is 0. The van der Waals surface area contributed by atoms with E-state index in [1.165, 1.54) is 0 Å². The van der Waals surface area contributed by atoms with E-state index in [0.717, 1.165) is 11.1 Å². The minimum Gasteiger partial charge on any atom is -0.0784 e. The topological polar surface area (TPSA) is 0 Å². The average molecular weight is 402 g/mol. The van der Waals surface area contributed by atoms with Crippen LogP contribution in [0.3, 0.4) is 0 Å². The van der Waals surface area contributed by atoms with Crippen LogP contribution in [0, 0.1) is 6.92 Å². The Morgan fingerprint density at radius 2 is 1.29 bits per heavy atom. The maximum Gasteiger partial charge on any atom is 0.216 e. The van der Waals surface area contributed by atoms with Crippen molar-refractivity contribution in [1.82, 2.24) is 0 Å². The molecule has 2 rings (SSSR count). The second kappa shape index (κ2) is 6.35. The lowest BCUT2D eigenvalue weighted by atomic mass is 9.93. The highest BCUT2D eigenvalue weighted by atomic mass is 35.6. The minimum atomic E-state index is -1.69. The molecular weight excluding hydrogens is 393 g/mol. The molecule has 6 heteroatoms. The van der Waals surface area contributed by atoms with Gasteiger partial charge >= 0.3 is 0 Å². The molecule has 0 N–H and O–H groups in total. The Bertz CT molecular complexity index is 638. The summed E-state index contributed by atoms with van der Waals surface area (Å²) >= 11 is 36.1. The van der Waals surface area contributed by atoms with Crippen LogP contribution in [0.5, 0.6) is 0 Å². The highest BCUT2D eigenvalue weighted by molar-refractivity contribution is 6.68. The fraction of sp³-hybridized carbons (Fsp3) is 0.133. The van der Waals surface area contributed by atoms with Crippen molar-refractivity contribution in [1.29, 1.82) is 0 Å². The number of benzene rings is 2. The zero-order valence-corrected chi connectivity index (χ0v) is 15.1. The third kappa shape index (κ3) is 3.93. The summed E-state index contributed by atoms with van der Waals surface area (Å²) in [6.45, 7) is 3.93. The predicted molar refractivity (Wildman–Crippen MR) is 94.8 cm³/mol. The molecule has 0 saturated carbocycles. The summed E-state index contributed by atoms with van der Waals surface area (Å²) in [6, 6.07) is 12.9. The van der Waals surface area contributed by atoms with E-state index in [4.69, 9.17) is 69.6 Å². The van der Waals surface area contributed by atoms with Gasteiger partial charge in [0.15, 0.2) is 0 Å². The van der Waals surface area contributed by atoms with Crippen LogP contribution >= 0.6 is 69.6 Å². The molecule has 0 aliphatic carbocycles. The molecule has 1 radical (unpaired) electrons. The first-order valence-corrected chi connectivity index (χ1v) is 8.08. The molecule has 2 aromatic rings. The Morgan fingerprint density at radius 3 is 1.76 bits per heavy atom. The van der Waals surface area contributed by atoms with E-state index in [2.05, 4.69) is 6.92 Å². The van der Waals surface area contributed by atoms with Crippen LogP contribution in [0.15, 0.2) is 42.5 Å². The number of halogens is 6.